The van der Waals surface area contributed by atoms with Gasteiger partial charge in [0, 0.05) is 17.0 Å². The van der Waals surface area contributed by atoms with Gasteiger partial charge in [0.05, 0.1) is 10.6 Å². The predicted octanol–water partition coefficient (Wildman–Crippen LogP) is 5.80. The molecule has 0 bridgehead atoms. The predicted molar refractivity (Wildman–Crippen MR) is 137 cm³/mol. The summed E-state index contributed by atoms with van der Waals surface area (Å²) < 4.78 is 0. The molecule has 0 fully saturated rings. The van der Waals surface area contributed by atoms with E-state index in [1.165, 1.54) is 23.5 Å². The van der Waals surface area contributed by atoms with E-state index < -0.39 is 17.9 Å². The van der Waals surface area contributed by atoms with Crippen LogP contribution in [0.5, 0.6) is 0 Å². The first-order chi connectivity index (χ1) is 16.4. The molecule has 0 spiro atoms. The number of halogens is 2. The molecule has 9 heteroatoms. The van der Waals surface area contributed by atoms with Gasteiger partial charge >= 0.3 is 0 Å². The number of hydrogen-bond donors (Lipinski definition) is 2. The molecule has 0 aliphatic rings. The zero-order chi connectivity index (χ0) is 24.1. The second kappa shape index (κ2) is 10.8. The van der Waals surface area contributed by atoms with Gasteiger partial charge in [-0.25, -0.2) is 0 Å². The second-order valence-corrected chi connectivity index (χ2v) is 9.43. The number of nitrogens with one attached hydrogen (secondary N) is 2. The van der Waals surface area contributed by atoms with Gasteiger partial charge in [-0.2, -0.15) is 0 Å². The first-order valence-corrected chi connectivity index (χ1v) is 12.0. The number of nitrogens with zero attached hydrogens (tertiary/aromatic N) is 2. The summed E-state index contributed by atoms with van der Waals surface area (Å²) >= 11 is 13.4. The molecular weight excluding hydrogens is 491 g/mol. The summed E-state index contributed by atoms with van der Waals surface area (Å²) in [6, 6.07) is 21.0. The van der Waals surface area contributed by atoms with Crippen molar-refractivity contribution >= 4 is 51.5 Å². The molecule has 3 aromatic carbocycles. The molecular formula is C25H20Cl2N4O2S. The number of aromatic nitrogens is 2. The standard InChI is InChI=1S/C25H20Cl2N4O2S/c1-15-6-5-9-17(12-15)24-30-31-25(34-24)29-23(33)21(13-16-7-3-2-4-8-16)28-22(32)19-11-10-18(26)14-20(19)27/h2-12,14,21H,13H2,1H3,(H,28,32)(H,29,31,33)/t21-/m1/s1. The Kier molecular flexibility index (Phi) is 7.57. The van der Waals surface area contributed by atoms with Crippen LogP contribution in [-0.2, 0) is 11.2 Å². The van der Waals surface area contributed by atoms with Crippen LogP contribution in [0.4, 0.5) is 5.13 Å². The van der Waals surface area contributed by atoms with Gasteiger partial charge in [-0.3, -0.25) is 14.9 Å². The van der Waals surface area contributed by atoms with Crippen molar-refractivity contribution in [1.29, 1.82) is 0 Å². The zero-order valence-corrected chi connectivity index (χ0v) is 20.4. The van der Waals surface area contributed by atoms with E-state index in [1.54, 1.807) is 6.07 Å². The van der Waals surface area contributed by atoms with E-state index in [0.29, 0.717) is 15.2 Å². The molecule has 1 aromatic heterocycles. The summed E-state index contributed by atoms with van der Waals surface area (Å²) in [6.45, 7) is 2.00. The minimum Gasteiger partial charge on any atom is -0.340 e. The third-order valence-corrected chi connectivity index (χ3v) is 6.44. The van der Waals surface area contributed by atoms with Gasteiger partial charge in [-0.1, -0.05) is 88.6 Å². The SMILES string of the molecule is Cc1cccc(-c2nnc(NC(=O)[C@@H](Cc3ccccc3)NC(=O)c3ccc(Cl)cc3Cl)s2)c1. The molecule has 172 valence electrons. The fraction of sp³-hybridized carbons (Fsp3) is 0.120. The number of hydrogen-bond acceptors (Lipinski definition) is 5. The molecule has 0 unspecified atom stereocenters. The molecule has 2 N–H and O–H groups in total. The van der Waals surface area contributed by atoms with Crippen molar-refractivity contribution in [2.45, 2.75) is 19.4 Å². The van der Waals surface area contributed by atoms with E-state index in [4.69, 9.17) is 23.2 Å². The molecule has 1 heterocycles. The van der Waals surface area contributed by atoms with Gasteiger partial charge in [0.1, 0.15) is 11.0 Å². The van der Waals surface area contributed by atoms with Crippen molar-refractivity contribution in [2.75, 3.05) is 5.32 Å². The Hall–Kier alpha value is -3.26. The fourth-order valence-corrected chi connectivity index (χ4v) is 4.57. The van der Waals surface area contributed by atoms with E-state index >= 15 is 0 Å². The highest BCUT2D eigenvalue weighted by atomic mass is 35.5. The van der Waals surface area contributed by atoms with Crippen molar-refractivity contribution in [3.63, 3.8) is 0 Å². The Morgan fingerprint density at radius 3 is 2.50 bits per heavy atom. The molecule has 0 aliphatic heterocycles. The average molecular weight is 511 g/mol. The number of aryl methyl sites for hydroxylation is 1. The van der Waals surface area contributed by atoms with Crippen molar-refractivity contribution in [3.05, 3.63) is 99.5 Å². The molecule has 0 radical (unpaired) electrons. The highest BCUT2D eigenvalue weighted by molar-refractivity contribution is 7.18. The maximum atomic E-state index is 13.2. The van der Waals surface area contributed by atoms with Crippen molar-refractivity contribution in [3.8, 4) is 10.6 Å². The molecule has 34 heavy (non-hydrogen) atoms. The minimum absolute atomic E-state index is 0.204. The topological polar surface area (TPSA) is 84.0 Å². The van der Waals surface area contributed by atoms with Crippen LogP contribution < -0.4 is 10.6 Å². The van der Waals surface area contributed by atoms with Gasteiger partial charge in [0.15, 0.2) is 0 Å². The van der Waals surface area contributed by atoms with Gasteiger partial charge in [-0.05, 0) is 36.8 Å². The lowest BCUT2D eigenvalue weighted by atomic mass is 10.0. The lowest BCUT2D eigenvalue weighted by Crippen LogP contribution is -2.45. The van der Waals surface area contributed by atoms with Crippen LogP contribution in [0.1, 0.15) is 21.5 Å². The molecule has 4 rings (SSSR count). The largest absolute Gasteiger partial charge is 0.340 e. The summed E-state index contributed by atoms with van der Waals surface area (Å²) in [4.78, 5) is 26.1. The van der Waals surface area contributed by atoms with Crippen LogP contribution in [0.15, 0.2) is 72.8 Å². The highest BCUT2D eigenvalue weighted by Crippen LogP contribution is 2.27. The van der Waals surface area contributed by atoms with Crippen molar-refractivity contribution < 1.29 is 9.59 Å². The maximum absolute atomic E-state index is 13.2. The number of carbonyl (C=O) groups is 2. The molecule has 4 aromatic rings. The lowest BCUT2D eigenvalue weighted by Gasteiger charge is -2.18. The summed E-state index contributed by atoms with van der Waals surface area (Å²) in [6.07, 6.45) is 0.285. The third-order valence-electron chi connectivity index (χ3n) is 5.00. The first-order valence-electron chi connectivity index (χ1n) is 10.4. The summed E-state index contributed by atoms with van der Waals surface area (Å²) in [5.74, 6) is -0.885. The van der Waals surface area contributed by atoms with Gasteiger partial charge in [0.2, 0.25) is 11.0 Å². The van der Waals surface area contributed by atoms with E-state index in [0.717, 1.165) is 16.7 Å². The van der Waals surface area contributed by atoms with Gasteiger partial charge in [0.25, 0.3) is 5.91 Å². The van der Waals surface area contributed by atoms with Crippen LogP contribution in [0, 0.1) is 6.92 Å². The van der Waals surface area contributed by atoms with Crippen molar-refractivity contribution in [2.24, 2.45) is 0 Å². The lowest BCUT2D eigenvalue weighted by molar-refractivity contribution is -0.118. The first kappa shape index (κ1) is 23.9. The summed E-state index contributed by atoms with van der Waals surface area (Å²) in [5, 5.41) is 15.5. The second-order valence-electron chi connectivity index (χ2n) is 7.61. The maximum Gasteiger partial charge on any atom is 0.253 e. The van der Waals surface area contributed by atoms with E-state index in [2.05, 4.69) is 20.8 Å². The normalized spacial score (nSPS) is 11.6. The number of rotatable bonds is 7. The fourth-order valence-electron chi connectivity index (χ4n) is 3.33. The van der Waals surface area contributed by atoms with E-state index in [1.807, 2.05) is 61.5 Å². The van der Waals surface area contributed by atoms with Crippen LogP contribution in [0.2, 0.25) is 10.0 Å². The smallest absolute Gasteiger partial charge is 0.253 e. The van der Waals surface area contributed by atoms with Crippen molar-refractivity contribution in [1.82, 2.24) is 15.5 Å². The Balaban J connectivity index is 1.53. The van der Waals surface area contributed by atoms with Crippen LogP contribution >= 0.6 is 34.5 Å². The molecule has 0 saturated carbocycles. The molecule has 0 saturated heterocycles. The Bertz CT molecular complexity index is 1330. The zero-order valence-electron chi connectivity index (χ0n) is 18.1. The van der Waals surface area contributed by atoms with Crippen LogP contribution in [0.25, 0.3) is 10.6 Å². The summed E-state index contributed by atoms with van der Waals surface area (Å²) in [7, 11) is 0. The number of anilines is 1. The number of benzene rings is 3. The summed E-state index contributed by atoms with van der Waals surface area (Å²) in [5.41, 5.74) is 3.15. The highest BCUT2D eigenvalue weighted by Gasteiger charge is 2.24. The number of amides is 2. The molecule has 6 nitrogen and oxygen atoms in total. The van der Waals surface area contributed by atoms with Gasteiger partial charge in [-0.15, -0.1) is 10.2 Å². The average Bonchev–Trinajstić information content (AvgIpc) is 3.27. The third kappa shape index (κ3) is 5.99. The van der Waals surface area contributed by atoms with Crippen LogP contribution in [0.3, 0.4) is 0 Å². The Labute approximate surface area is 211 Å². The Morgan fingerprint density at radius 2 is 1.76 bits per heavy atom. The Morgan fingerprint density at radius 1 is 0.971 bits per heavy atom. The van der Waals surface area contributed by atoms with Gasteiger partial charge < -0.3 is 5.32 Å². The van der Waals surface area contributed by atoms with E-state index in [9.17, 15) is 9.59 Å². The minimum atomic E-state index is -0.868. The monoisotopic (exact) mass is 510 g/mol. The number of carbonyl (C=O) groups excluding carboxylic acids is 2. The van der Waals surface area contributed by atoms with Crippen LogP contribution in [-0.4, -0.2) is 28.1 Å². The quantitative estimate of drug-likeness (QED) is 0.329. The molecule has 2 amide bonds. The molecule has 1 atom stereocenters. The van der Waals surface area contributed by atoms with E-state index in [-0.39, 0.29) is 17.0 Å². The molecule has 0 aliphatic carbocycles.